The van der Waals surface area contributed by atoms with Gasteiger partial charge >= 0.3 is 0 Å². The number of hydrogen-bond acceptors (Lipinski definition) is 5. The van der Waals surface area contributed by atoms with E-state index in [2.05, 4.69) is 4.72 Å². The number of ether oxygens (including phenoxy) is 1. The molecule has 0 amide bonds. The lowest BCUT2D eigenvalue weighted by Crippen LogP contribution is -2.30. The largest absolute Gasteiger partial charge is 0.494 e. The van der Waals surface area contributed by atoms with Crippen LogP contribution in [-0.2, 0) is 33.1 Å². The number of nitrogens with zero attached hydrogens (tertiary/aromatic N) is 1. The van der Waals surface area contributed by atoms with E-state index in [4.69, 9.17) is 4.74 Å². The molecule has 1 aliphatic rings. The van der Waals surface area contributed by atoms with Crippen molar-refractivity contribution in [2.45, 2.75) is 48.7 Å². The van der Waals surface area contributed by atoms with Crippen LogP contribution in [0, 0.1) is 0 Å². The summed E-state index contributed by atoms with van der Waals surface area (Å²) in [6.45, 7) is 2.79. The number of sulfonamides is 2. The molecule has 1 saturated carbocycles. The standard InChI is InChI=1S/C25H28N2O5S2/c1-2-32-23-12-8-21(9-13-23)19-27(18-20-6-4-3-5-7-20)34(30,31)25-16-14-24(15-17-25)33(28,29)26-22-10-11-22/h3-9,12-17,22,26H,2,10-11,18-19H2,1H3. The molecular formula is C25H28N2O5S2. The highest BCUT2D eigenvalue weighted by molar-refractivity contribution is 7.89. The molecule has 1 fully saturated rings. The Bertz CT molecular complexity index is 1300. The van der Waals surface area contributed by atoms with E-state index < -0.39 is 20.0 Å². The fourth-order valence-corrected chi connectivity index (χ4v) is 6.22. The summed E-state index contributed by atoms with van der Waals surface area (Å²) in [5.74, 6) is 0.723. The summed E-state index contributed by atoms with van der Waals surface area (Å²) in [5.41, 5.74) is 1.67. The van der Waals surface area contributed by atoms with Crippen LogP contribution in [0.4, 0.5) is 0 Å². The molecule has 9 heteroatoms. The molecule has 0 unspecified atom stereocenters. The zero-order valence-electron chi connectivity index (χ0n) is 18.9. The van der Waals surface area contributed by atoms with Gasteiger partial charge in [0.25, 0.3) is 0 Å². The zero-order chi connectivity index (χ0) is 24.2. The first-order valence-electron chi connectivity index (χ1n) is 11.2. The van der Waals surface area contributed by atoms with Crippen molar-refractivity contribution in [3.05, 3.63) is 90.0 Å². The first-order chi connectivity index (χ1) is 16.3. The van der Waals surface area contributed by atoms with Crippen LogP contribution in [0.25, 0.3) is 0 Å². The maximum atomic E-state index is 13.6. The maximum absolute atomic E-state index is 13.6. The fraction of sp³-hybridized carbons (Fsp3) is 0.280. The average molecular weight is 501 g/mol. The summed E-state index contributed by atoms with van der Waals surface area (Å²) in [6.07, 6.45) is 1.65. The molecule has 0 radical (unpaired) electrons. The van der Waals surface area contributed by atoms with Crippen molar-refractivity contribution in [1.82, 2.24) is 9.03 Å². The summed E-state index contributed by atoms with van der Waals surface area (Å²) in [5, 5.41) is 0. The Balaban J connectivity index is 1.60. The van der Waals surface area contributed by atoms with Gasteiger partial charge in [-0.1, -0.05) is 42.5 Å². The number of rotatable bonds is 11. The van der Waals surface area contributed by atoms with Crippen molar-refractivity contribution in [3.8, 4) is 5.75 Å². The molecule has 1 N–H and O–H groups in total. The lowest BCUT2D eigenvalue weighted by molar-refractivity contribution is 0.340. The monoisotopic (exact) mass is 500 g/mol. The van der Waals surface area contributed by atoms with Crippen LogP contribution in [0.15, 0.2) is 88.7 Å². The van der Waals surface area contributed by atoms with Crippen LogP contribution in [0.3, 0.4) is 0 Å². The fourth-order valence-electron chi connectivity index (χ4n) is 3.50. The quantitative estimate of drug-likeness (QED) is 0.431. The van der Waals surface area contributed by atoms with Gasteiger partial charge in [0.1, 0.15) is 5.75 Å². The molecular weight excluding hydrogens is 472 g/mol. The first kappa shape index (κ1) is 24.4. The molecule has 0 aliphatic heterocycles. The van der Waals surface area contributed by atoms with E-state index in [1.807, 2.05) is 61.5 Å². The molecule has 180 valence electrons. The molecule has 0 saturated heterocycles. The lowest BCUT2D eigenvalue weighted by Gasteiger charge is -2.23. The van der Waals surface area contributed by atoms with E-state index in [9.17, 15) is 16.8 Å². The second-order valence-electron chi connectivity index (χ2n) is 8.20. The molecule has 4 rings (SSSR count). The highest BCUT2D eigenvalue weighted by Gasteiger charge is 2.29. The van der Waals surface area contributed by atoms with E-state index >= 15 is 0 Å². The van der Waals surface area contributed by atoms with Crippen molar-refractivity contribution in [2.24, 2.45) is 0 Å². The van der Waals surface area contributed by atoms with Crippen molar-refractivity contribution < 1.29 is 21.6 Å². The van der Waals surface area contributed by atoms with Crippen LogP contribution in [0.5, 0.6) is 5.75 Å². The Labute approximate surface area is 201 Å². The van der Waals surface area contributed by atoms with Gasteiger partial charge in [0, 0.05) is 19.1 Å². The number of hydrogen-bond donors (Lipinski definition) is 1. The molecule has 0 spiro atoms. The molecule has 0 heterocycles. The van der Waals surface area contributed by atoms with Gasteiger partial charge in [-0.15, -0.1) is 0 Å². The maximum Gasteiger partial charge on any atom is 0.243 e. The van der Waals surface area contributed by atoms with Gasteiger partial charge in [0.05, 0.1) is 16.4 Å². The minimum atomic E-state index is -3.90. The summed E-state index contributed by atoms with van der Waals surface area (Å²) < 4.78 is 61.6. The first-order valence-corrected chi connectivity index (χ1v) is 14.1. The Morgan fingerprint density at radius 2 is 1.35 bits per heavy atom. The summed E-state index contributed by atoms with van der Waals surface area (Å²) in [7, 11) is -7.56. The van der Waals surface area contributed by atoms with Crippen molar-refractivity contribution in [2.75, 3.05) is 6.61 Å². The molecule has 0 atom stereocenters. The average Bonchev–Trinajstić information content (AvgIpc) is 3.64. The van der Waals surface area contributed by atoms with Crippen molar-refractivity contribution in [1.29, 1.82) is 0 Å². The zero-order valence-corrected chi connectivity index (χ0v) is 20.6. The second-order valence-corrected chi connectivity index (χ2v) is 11.9. The summed E-state index contributed by atoms with van der Waals surface area (Å²) >= 11 is 0. The minimum absolute atomic E-state index is 0.0242. The summed E-state index contributed by atoms with van der Waals surface area (Å²) in [6, 6.07) is 22.1. The third kappa shape index (κ3) is 6.04. The van der Waals surface area contributed by atoms with Crippen LogP contribution >= 0.6 is 0 Å². The topological polar surface area (TPSA) is 92.8 Å². The van der Waals surface area contributed by atoms with Crippen LogP contribution in [0.1, 0.15) is 30.9 Å². The summed E-state index contributed by atoms with van der Waals surface area (Å²) in [4.78, 5) is 0.0965. The van der Waals surface area contributed by atoms with Gasteiger partial charge in [-0.3, -0.25) is 0 Å². The molecule has 7 nitrogen and oxygen atoms in total. The SMILES string of the molecule is CCOc1ccc(CN(Cc2ccccc2)S(=O)(=O)c2ccc(S(=O)(=O)NC3CC3)cc2)cc1. The van der Waals surface area contributed by atoms with Crippen molar-refractivity contribution >= 4 is 20.0 Å². The molecule has 3 aromatic rings. The molecule has 3 aromatic carbocycles. The Kier molecular flexibility index (Phi) is 7.37. The van der Waals surface area contributed by atoms with E-state index in [1.54, 1.807) is 0 Å². The number of nitrogens with one attached hydrogen (secondary N) is 1. The van der Waals surface area contributed by atoms with Gasteiger partial charge in [-0.2, -0.15) is 4.31 Å². The third-order valence-electron chi connectivity index (χ3n) is 5.47. The lowest BCUT2D eigenvalue weighted by atomic mass is 10.2. The molecule has 34 heavy (non-hydrogen) atoms. The molecule has 0 bridgehead atoms. The Morgan fingerprint density at radius 3 is 1.91 bits per heavy atom. The van der Waals surface area contributed by atoms with E-state index in [-0.39, 0.29) is 28.9 Å². The highest BCUT2D eigenvalue weighted by Crippen LogP contribution is 2.25. The van der Waals surface area contributed by atoms with Gasteiger partial charge in [-0.05, 0) is 67.3 Å². The van der Waals surface area contributed by atoms with Gasteiger partial charge < -0.3 is 4.74 Å². The van der Waals surface area contributed by atoms with Crippen LogP contribution in [0.2, 0.25) is 0 Å². The van der Waals surface area contributed by atoms with E-state index in [0.29, 0.717) is 6.61 Å². The Morgan fingerprint density at radius 1 is 0.794 bits per heavy atom. The molecule has 1 aliphatic carbocycles. The normalized spacial score (nSPS) is 14.3. The van der Waals surface area contributed by atoms with Crippen LogP contribution in [-0.4, -0.2) is 33.8 Å². The minimum Gasteiger partial charge on any atom is -0.494 e. The predicted octanol–water partition coefficient (Wildman–Crippen LogP) is 3.92. The van der Waals surface area contributed by atoms with Crippen LogP contribution < -0.4 is 9.46 Å². The van der Waals surface area contributed by atoms with Gasteiger partial charge in [0.2, 0.25) is 20.0 Å². The highest BCUT2D eigenvalue weighted by atomic mass is 32.2. The van der Waals surface area contributed by atoms with E-state index in [1.165, 1.54) is 28.6 Å². The molecule has 0 aromatic heterocycles. The van der Waals surface area contributed by atoms with Crippen molar-refractivity contribution in [3.63, 3.8) is 0 Å². The van der Waals surface area contributed by atoms with Gasteiger partial charge in [-0.25, -0.2) is 21.6 Å². The third-order valence-corrected chi connectivity index (χ3v) is 8.81. The second kappa shape index (κ2) is 10.3. The van der Waals surface area contributed by atoms with Gasteiger partial charge in [0.15, 0.2) is 0 Å². The Hall–Kier alpha value is -2.72. The smallest absolute Gasteiger partial charge is 0.243 e. The number of benzene rings is 3. The van der Waals surface area contributed by atoms with E-state index in [0.717, 1.165) is 29.7 Å². The predicted molar refractivity (Wildman–Crippen MR) is 130 cm³/mol.